The Balaban J connectivity index is 2.51. The molecule has 20 heavy (non-hydrogen) atoms. The van der Waals surface area contributed by atoms with E-state index >= 15 is 0 Å². The van der Waals surface area contributed by atoms with Crippen LogP contribution < -0.4 is 0 Å². The van der Waals surface area contributed by atoms with Crippen LogP contribution in [0.1, 0.15) is 35.3 Å². The molecule has 0 unspecified atom stereocenters. The van der Waals surface area contributed by atoms with Crippen molar-refractivity contribution in [3.63, 3.8) is 0 Å². The molecule has 0 atom stereocenters. The molecule has 0 aliphatic carbocycles. The lowest BCUT2D eigenvalue weighted by Crippen LogP contribution is -1.97. The first-order valence-electron chi connectivity index (χ1n) is 6.75. The molecular weight excluding hydrogens is 252 g/mol. The van der Waals surface area contributed by atoms with Crippen molar-refractivity contribution in [3.05, 3.63) is 53.1 Å². The Labute approximate surface area is 118 Å². The highest BCUT2D eigenvalue weighted by Crippen LogP contribution is 2.28. The number of rotatable bonds is 4. The topological polar surface area (TPSA) is 57.5 Å². The fraction of sp³-hybridized carbons (Fsp3) is 0.235. The second-order valence-electron chi connectivity index (χ2n) is 4.73. The Morgan fingerprint density at radius 1 is 0.950 bits per heavy atom. The highest BCUT2D eigenvalue weighted by Gasteiger charge is 2.11. The number of aromatic hydroxyl groups is 1. The van der Waals surface area contributed by atoms with Crippen molar-refractivity contribution in [2.24, 2.45) is 0 Å². The van der Waals surface area contributed by atoms with E-state index in [9.17, 15) is 9.90 Å². The van der Waals surface area contributed by atoms with Crippen LogP contribution in [0.5, 0.6) is 5.75 Å². The van der Waals surface area contributed by atoms with E-state index in [2.05, 4.69) is 26.0 Å². The minimum absolute atomic E-state index is 0.0693. The normalized spacial score (nSPS) is 10.5. The number of phenols is 1. The lowest BCUT2D eigenvalue weighted by Gasteiger charge is -2.10. The van der Waals surface area contributed by atoms with Crippen LogP contribution in [0.2, 0.25) is 0 Å². The summed E-state index contributed by atoms with van der Waals surface area (Å²) in [6.07, 6.45) is 1.93. The third-order valence-electron chi connectivity index (χ3n) is 3.53. The van der Waals surface area contributed by atoms with Crippen molar-refractivity contribution >= 4 is 5.97 Å². The van der Waals surface area contributed by atoms with Gasteiger partial charge in [0.1, 0.15) is 11.3 Å². The molecule has 0 bridgehead atoms. The molecule has 0 aromatic heterocycles. The summed E-state index contributed by atoms with van der Waals surface area (Å²) < 4.78 is 0. The third-order valence-corrected chi connectivity index (χ3v) is 3.53. The molecule has 2 aromatic carbocycles. The van der Waals surface area contributed by atoms with Crippen LogP contribution in [0, 0.1) is 0 Å². The SMILES string of the molecule is CCc1ccc(-c2ccc(O)c(C(=O)O)c2)cc1CC. The van der Waals surface area contributed by atoms with Crippen LogP contribution in [0.3, 0.4) is 0 Å². The van der Waals surface area contributed by atoms with E-state index in [1.807, 2.05) is 6.07 Å². The standard InChI is InChI=1S/C17H18O3/c1-3-11-5-6-13(9-12(11)4-2)14-7-8-16(18)15(10-14)17(19)20/h5-10,18H,3-4H2,1-2H3,(H,19,20). The van der Waals surface area contributed by atoms with E-state index in [1.54, 1.807) is 6.07 Å². The fourth-order valence-electron chi connectivity index (χ4n) is 2.37. The second kappa shape index (κ2) is 5.78. The number of hydrogen-bond acceptors (Lipinski definition) is 2. The number of aryl methyl sites for hydroxylation is 2. The van der Waals surface area contributed by atoms with E-state index in [-0.39, 0.29) is 11.3 Å². The van der Waals surface area contributed by atoms with E-state index in [4.69, 9.17) is 5.11 Å². The Bertz CT molecular complexity index is 645. The molecule has 3 nitrogen and oxygen atoms in total. The van der Waals surface area contributed by atoms with Gasteiger partial charge < -0.3 is 10.2 Å². The van der Waals surface area contributed by atoms with E-state index in [1.165, 1.54) is 23.3 Å². The van der Waals surface area contributed by atoms with E-state index < -0.39 is 5.97 Å². The Morgan fingerprint density at radius 2 is 1.55 bits per heavy atom. The van der Waals surface area contributed by atoms with Crippen molar-refractivity contribution < 1.29 is 15.0 Å². The zero-order chi connectivity index (χ0) is 14.7. The number of carboxylic acid groups (broad SMARTS) is 1. The van der Waals surface area contributed by atoms with E-state index in [0.717, 1.165) is 24.0 Å². The Hall–Kier alpha value is -2.29. The molecule has 0 fully saturated rings. The van der Waals surface area contributed by atoms with Crippen molar-refractivity contribution in [1.29, 1.82) is 0 Å². The first-order valence-corrected chi connectivity index (χ1v) is 6.75. The monoisotopic (exact) mass is 270 g/mol. The van der Waals surface area contributed by atoms with Gasteiger partial charge in [0.25, 0.3) is 0 Å². The lowest BCUT2D eigenvalue weighted by molar-refractivity contribution is 0.0694. The van der Waals surface area contributed by atoms with Gasteiger partial charge in [-0.3, -0.25) is 0 Å². The molecule has 0 aliphatic heterocycles. The first kappa shape index (κ1) is 14.1. The average Bonchev–Trinajstić information content (AvgIpc) is 2.46. The van der Waals surface area contributed by atoms with Gasteiger partial charge in [-0.05, 0) is 47.2 Å². The lowest BCUT2D eigenvalue weighted by atomic mass is 9.95. The molecule has 0 heterocycles. The summed E-state index contributed by atoms with van der Waals surface area (Å²) in [5.74, 6) is -1.33. The summed E-state index contributed by atoms with van der Waals surface area (Å²) in [5, 5.41) is 18.6. The van der Waals surface area contributed by atoms with Crippen molar-refractivity contribution in [2.45, 2.75) is 26.7 Å². The van der Waals surface area contributed by atoms with Gasteiger partial charge in [-0.1, -0.05) is 38.1 Å². The van der Waals surface area contributed by atoms with Gasteiger partial charge in [-0.25, -0.2) is 4.79 Å². The maximum absolute atomic E-state index is 11.1. The molecule has 2 aromatic rings. The van der Waals surface area contributed by atoms with Gasteiger partial charge >= 0.3 is 5.97 Å². The van der Waals surface area contributed by atoms with Gasteiger partial charge in [-0.2, -0.15) is 0 Å². The molecule has 0 aliphatic rings. The predicted octanol–water partition coefficient (Wildman–Crippen LogP) is 3.88. The highest BCUT2D eigenvalue weighted by molar-refractivity contribution is 5.92. The highest BCUT2D eigenvalue weighted by atomic mass is 16.4. The molecule has 0 saturated carbocycles. The molecule has 0 spiro atoms. The maximum atomic E-state index is 11.1. The van der Waals surface area contributed by atoms with Crippen molar-refractivity contribution in [2.75, 3.05) is 0 Å². The molecule has 0 saturated heterocycles. The zero-order valence-electron chi connectivity index (χ0n) is 11.7. The summed E-state index contributed by atoms with van der Waals surface area (Å²) in [5.41, 5.74) is 4.29. The number of benzene rings is 2. The van der Waals surface area contributed by atoms with Crippen LogP contribution in [-0.2, 0) is 12.8 Å². The fourth-order valence-corrected chi connectivity index (χ4v) is 2.37. The average molecular weight is 270 g/mol. The summed E-state index contributed by atoms with van der Waals surface area (Å²) in [6, 6.07) is 10.9. The Kier molecular flexibility index (Phi) is 4.08. The van der Waals surface area contributed by atoms with Gasteiger partial charge in [0.15, 0.2) is 0 Å². The smallest absolute Gasteiger partial charge is 0.339 e. The van der Waals surface area contributed by atoms with Crippen LogP contribution >= 0.6 is 0 Å². The number of carboxylic acids is 1. The minimum atomic E-state index is -1.12. The predicted molar refractivity (Wildman–Crippen MR) is 79.3 cm³/mol. The molecular formula is C17H18O3. The summed E-state index contributed by atoms with van der Waals surface area (Å²) in [6.45, 7) is 4.23. The van der Waals surface area contributed by atoms with Gasteiger partial charge in [0, 0.05) is 0 Å². The minimum Gasteiger partial charge on any atom is -0.507 e. The molecule has 104 valence electrons. The van der Waals surface area contributed by atoms with Gasteiger partial charge in [-0.15, -0.1) is 0 Å². The van der Waals surface area contributed by atoms with Crippen LogP contribution in [-0.4, -0.2) is 16.2 Å². The molecule has 2 N–H and O–H groups in total. The maximum Gasteiger partial charge on any atom is 0.339 e. The second-order valence-corrected chi connectivity index (χ2v) is 4.73. The Morgan fingerprint density at radius 3 is 2.15 bits per heavy atom. The first-order chi connectivity index (χ1) is 9.56. The van der Waals surface area contributed by atoms with Crippen molar-refractivity contribution in [1.82, 2.24) is 0 Å². The number of aromatic carboxylic acids is 1. The summed E-state index contributed by atoms with van der Waals surface area (Å²) >= 11 is 0. The van der Waals surface area contributed by atoms with Gasteiger partial charge in [0.2, 0.25) is 0 Å². The quantitative estimate of drug-likeness (QED) is 0.886. The van der Waals surface area contributed by atoms with Crippen molar-refractivity contribution in [3.8, 4) is 16.9 Å². The largest absolute Gasteiger partial charge is 0.507 e. The third kappa shape index (κ3) is 2.67. The zero-order valence-corrected chi connectivity index (χ0v) is 11.7. The molecule has 3 heteroatoms. The van der Waals surface area contributed by atoms with Crippen LogP contribution in [0.15, 0.2) is 36.4 Å². The van der Waals surface area contributed by atoms with Crippen LogP contribution in [0.25, 0.3) is 11.1 Å². The van der Waals surface area contributed by atoms with E-state index in [0.29, 0.717) is 0 Å². The summed E-state index contributed by atoms with van der Waals surface area (Å²) in [4.78, 5) is 11.1. The molecule has 2 rings (SSSR count). The molecule has 0 radical (unpaired) electrons. The number of carbonyl (C=O) groups is 1. The number of hydrogen-bond donors (Lipinski definition) is 2. The van der Waals surface area contributed by atoms with Crippen LogP contribution in [0.4, 0.5) is 0 Å². The summed E-state index contributed by atoms with van der Waals surface area (Å²) in [7, 11) is 0. The van der Waals surface area contributed by atoms with Gasteiger partial charge in [0.05, 0.1) is 0 Å². The molecule has 0 amide bonds.